The second-order valence-corrected chi connectivity index (χ2v) is 5.54. The molecule has 0 aromatic rings. The zero-order chi connectivity index (χ0) is 12.1. The Morgan fingerprint density at radius 1 is 1.18 bits per heavy atom. The summed E-state index contributed by atoms with van der Waals surface area (Å²) in [6, 6.07) is 0. The third kappa shape index (κ3) is 3.44. The molecule has 0 radical (unpaired) electrons. The number of methoxy groups -OCH3 is 1. The van der Waals surface area contributed by atoms with Gasteiger partial charge in [-0.2, -0.15) is 0 Å². The van der Waals surface area contributed by atoms with Crippen LogP contribution in [0.25, 0.3) is 0 Å². The van der Waals surface area contributed by atoms with Crippen molar-refractivity contribution in [2.45, 2.75) is 44.9 Å². The minimum absolute atomic E-state index is 0.0129. The van der Waals surface area contributed by atoms with Gasteiger partial charge in [0.1, 0.15) is 0 Å². The summed E-state index contributed by atoms with van der Waals surface area (Å²) in [7, 11) is 1.52. The van der Waals surface area contributed by atoms with E-state index >= 15 is 0 Å². The van der Waals surface area contributed by atoms with Crippen LogP contribution in [0.2, 0.25) is 0 Å². The highest BCUT2D eigenvalue weighted by Gasteiger charge is 2.34. The molecule has 0 aromatic heterocycles. The van der Waals surface area contributed by atoms with Gasteiger partial charge in [-0.05, 0) is 44.7 Å². The van der Waals surface area contributed by atoms with Crippen molar-refractivity contribution in [2.75, 3.05) is 26.7 Å². The Balaban J connectivity index is 1.88. The molecule has 1 unspecified atom stereocenters. The van der Waals surface area contributed by atoms with Gasteiger partial charge in [-0.3, -0.25) is 4.79 Å². The maximum Gasteiger partial charge on any atom is 0.310 e. The van der Waals surface area contributed by atoms with Crippen LogP contribution in [0.3, 0.4) is 0 Å². The lowest BCUT2D eigenvalue weighted by atomic mass is 9.75. The molecule has 3 heteroatoms. The van der Waals surface area contributed by atoms with Crippen LogP contribution < -0.4 is 0 Å². The van der Waals surface area contributed by atoms with Crippen LogP contribution in [0, 0.1) is 11.8 Å². The number of carbonyl (C=O) groups excluding carboxylic acids is 1. The van der Waals surface area contributed by atoms with Crippen LogP contribution in [0.1, 0.15) is 44.9 Å². The summed E-state index contributed by atoms with van der Waals surface area (Å²) in [4.78, 5) is 14.3. The van der Waals surface area contributed by atoms with Crippen molar-refractivity contribution < 1.29 is 9.53 Å². The average Bonchev–Trinajstić information content (AvgIpc) is 2.53. The molecule has 0 spiro atoms. The predicted octanol–water partition coefficient (Wildman–Crippen LogP) is 2.45. The van der Waals surface area contributed by atoms with Gasteiger partial charge in [0.2, 0.25) is 0 Å². The van der Waals surface area contributed by atoms with Crippen molar-refractivity contribution in [1.82, 2.24) is 4.90 Å². The summed E-state index contributed by atoms with van der Waals surface area (Å²) in [5.41, 5.74) is 0. The fourth-order valence-corrected chi connectivity index (χ4v) is 3.01. The average molecular weight is 239 g/mol. The standard InChI is InChI=1S/C14H25NO2/c1-17-14(16)13(12-7-6-8-12)11-15-9-4-2-3-5-10-15/h12-13H,2-11H2,1H3. The van der Waals surface area contributed by atoms with Gasteiger partial charge >= 0.3 is 5.97 Å². The van der Waals surface area contributed by atoms with E-state index in [0.717, 1.165) is 6.54 Å². The van der Waals surface area contributed by atoms with Gasteiger partial charge < -0.3 is 9.64 Å². The van der Waals surface area contributed by atoms with Gasteiger partial charge in [0.05, 0.1) is 13.0 Å². The number of nitrogens with zero attached hydrogens (tertiary/aromatic N) is 1. The Morgan fingerprint density at radius 2 is 1.82 bits per heavy atom. The molecule has 0 aromatic carbocycles. The number of ether oxygens (including phenoxy) is 1. The van der Waals surface area contributed by atoms with Gasteiger partial charge in [0.25, 0.3) is 0 Å². The van der Waals surface area contributed by atoms with Gasteiger partial charge in [-0.15, -0.1) is 0 Å². The normalized spacial score (nSPS) is 24.8. The zero-order valence-electron chi connectivity index (χ0n) is 11.0. The molecular formula is C14H25NO2. The lowest BCUT2D eigenvalue weighted by molar-refractivity contribution is -0.149. The van der Waals surface area contributed by atoms with Crippen molar-refractivity contribution in [3.63, 3.8) is 0 Å². The predicted molar refractivity (Wildman–Crippen MR) is 67.8 cm³/mol. The van der Waals surface area contributed by atoms with E-state index in [1.165, 1.54) is 65.1 Å². The highest BCUT2D eigenvalue weighted by atomic mass is 16.5. The zero-order valence-corrected chi connectivity index (χ0v) is 11.0. The maximum absolute atomic E-state index is 11.9. The van der Waals surface area contributed by atoms with E-state index in [0.29, 0.717) is 5.92 Å². The van der Waals surface area contributed by atoms with Crippen LogP contribution in [0.5, 0.6) is 0 Å². The number of hydrogen-bond acceptors (Lipinski definition) is 3. The van der Waals surface area contributed by atoms with Crippen molar-refractivity contribution in [3.05, 3.63) is 0 Å². The molecule has 2 aliphatic rings. The van der Waals surface area contributed by atoms with Gasteiger partial charge in [-0.1, -0.05) is 19.3 Å². The number of hydrogen-bond donors (Lipinski definition) is 0. The molecule has 0 amide bonds. The molecule has 2 fully saturated rings. The third-order valence-electron chi connectivity index (χ3n) is 4.38. The SMILES string of the molecule is COC(=O)C(CN1CCCCCC1)C1CCC1. The Bertz CT molecular complexity index is 243. The number of likely N-dealkylation sites (tertiary alicyclic amines) is 1. The molecule has 1 atom stereocenters. The summed E-state index contributed by atoms with van der Waals surface area (Å²) in [6.07, 6.45) is 9.00. The van der Waals surface area contributed by atoms with E-state index in [2.05, 4.69) is 4.90 Å². The quantitative estimate of drug-likeness (QED) is 0.706. The van der Waals surface area contributed by atoms with Crippen molar-refractivity contribution >= 4 is 5.97 Å². The smallest absolute Gasteiger partial charge is 0.310 e. The Labute approximate surface area is 105 Å². The Kier molecular flexibility index (Phi) is 4.84. The lowest BCUT2D eigenvalue weighted by Crippen LogP contribution is -2.40. The first-order valence-corrected chi connectivity index (χ1v) is 7.11. The molecular weight excluding hydrogens is 214 g/mol. The molecule has 1 aliphatic carbocycles. The topological polar surface area (TPSA) is 29.5 Å². The molecule has 1 saturated heterocycles. The second kappa shape index (κ2) is 6.39. The molecule has 17 heavy (non-hydrogen) atoms. The van der Waals surface area contributed by atoms with E-state index in [-0.39, 0.29) is 11.9 Å². The third-order valence-corrected chi connectivity index (χ3v) is 4.38. The van der Waals surface area contributed by atoms with Gasteiger partial charge in [0.15, 0.2) is 0 Å². The first-order chi connectivity index (χ1) is 8.31. The van der Waals surface area contributed by atoms with E-state index in [1.807, 2.05) is 0 Å². The number of esters is 1. The minimum Gasteiger partial charge on any atom is -0.469 e. The second-order valence-electron chi connectivity index (χ2n) is 5.54. The van der Waals surface area contributed by atoms with Crippen molar-refractivity contribution in [3.8, 4) is 0 Å². The van der Waals surface area contributed by atoms with E-state index in [1.54, 1.807) is 0 Å². The van der Waals surface area contributed by atoms with E-state index in [9.17, 15) is 4.79 Å². The maximum atomic E-state index is 11.9. The summed E-state index contributed by atoms with van der Waals surface area (Å²) < 4.78 is 4.98. The van der Waals surface area contributed by atoms with Gasteiger partial charge in [-0.25, -0.2) is 0 Å². The highest BCUT2D eigenvalue weighted by Crippen LogP contribution is 2.34. The van der Waals surface area contributed by atoms with Crippen LogP contribution in [-0.2, 0) is 9.53 Å². The van der Waals surface area contributed by atoms with Crippen molar-refractivity contribution in [2.24, 2.45) is 11.8 Å². The van der Waals surface area contributed by atoms with Crippen LogP contribution in [-0.4, -0.2) is 37.6 Å². The summed E-state index contributed by atoms with van der Waals surface area (Å²) in [5, 5.41) is 0. The summed E-state index contributed by atoms with van der Waals surface area (Å²) >= 11 is 0. The first kappa shape index (κ1) is 12.9. The minimum atomic E-state index is 0.0129. The summed E-state index contributed by atoms with van der Waals surface area (Å²) in [5.74, 6) is 0.733. The largest absolute Gasteiger partial charge is 0.469 e. The number of carbonyl (C=O) groups is 1. The van der Waals surface area contributed by atoms with Crippen LogP contribution >= 0.6 is 0 Å². The fraction of sp³-hybridized carbons (Fsp3) is 0.929. The van der Waals surface area contributed by atoms with E-state index in [4.69, 9.17) is 4.74 Å². The molecule has 1 saturated carbocycles. The lowest BCUT2D eigenvalue weighted by Gasteiger charge is -2.35. The molecule has 1 aliphatic heterocycles. The number of rotatable bonds is 4. The fourth-order valence-electron chi connectivity index (χ4n) is 3.01. The molecule has 2 rings (SSSR count). The molecule has 1 heterocycles. The molecule has 0 N–H and O–H groups in total. The molecule has 98 valence electrons. The van der Waals surface area contributed by atoms with Crippen LogP contribution in [0.4, 0.5) is 0 Å². The molecule has 3 nitrogen and oxygen atoms in total. The van der Waals surface area contributed by atoms with E-state index < -0.39 is 0 Å². The highest BCUT2D eigenvalue weighted by molar-refractivity contribution is 5.73. The van der Waals surface area contributed by atoms with Crippen molar-refractivity contribution in [1.29, 1.82) is 0 Å². The van der Waals surface area contributed by atoms with Gasteiger partial charge in [0, 0.05) is 6.54 Å². The Hall–Kier alpha value is -0.570. The summed E-state index contributed by atoms with van der Waals surface area (Å²) in [6.45, 7) is 3.26. The first-order valence-electron chi connectivity index (χ1n) is 7.11. The molecule has 0 bridgehead atoms. The Morgan fingerprint density at radius 3 is 2.29 bits per heavy atom. The van der Waals surface area contributed by atoms with Crippen LogP contribution in [0.15, 0.2) is 0 Å². The monoisotopic (exact) mass is 239 g/mol.